The van der Waals surface area contributed by atoms with Gasteiger partial charge in [-0.15, -0.1) is 0 Å². The lowest BCUT2D eigenvalue weighted by Gasteiger charge is -2.27. The minimum absolute atomic E-state index is 0.0262. The lowest BCUT2D eigenvalue weighted by Crippen LogP contribution is -2.24. The molecule has 0 radical (unpaired) electrons. The van der Waals surface area contributed by atoms with E-state index in [-0.39, 0.29) is 22.0 Å². The van der Waals surface area contributed by atoms with Gasteiger partial charge in [0, 0.05) is 0 Å². The van der Waals surface area contributed by atoms with Gasteiger partial charge in [-0.05, 0) is 98.9 Å². The molecule has 0 unspecified atom stereocenters. The van der Waals surface area contributed by atoms with Crippen LogP contribution in [-0.4, -0.2) is 11.2 Å². The van der Waals surface area contributed by atoms with Crippen molar-refractivity contribution in [1.82, 2.24) is 0 Å². The normalized spacial score (nSPS) is 13.3. The summed E-state index contributed by atoms with van der Waals surface area (Å²) in [6.45, 7) is 26.0. The molecule has 0 spiro atoms. The van der Waals surface area contributed by atoms with Crippen LogP contribution in [0.3, 0.4) is 0 Å². The quantitative estimate of drug-likeness (QED) is 0.506. The van der Waals surface area contributed by atoms with E-state index >= 15 is 0 Å². The highest BCUT2D eigenvalue weighted by Crippen LogP contribution is 2.37. The highest BCUT2D eigenvalue weighted by molar-refractivity contribution is 5.69. The molecule has 30 heavy (non-hydrogen) atoms. The Morgan fingerprint density at radius 3 is 0.967 bits per heavy atom. The summed E-state index contributed by atoms with van der Waals surface area (Å²) in [5.74, 6) is 1.81. The number of benzene rings is 2. The van der Waals surface area contributed by atoms with Gasteiger partial charge in [0.1, 0.15) is 22.7 Å². The molecule has 0 aliphatic carbocycles. The highest BCUT2D eigenvalue weighted by atomic mass is 16.5. The first-order valence-corrected chi connectivity index (χ1v) is 11.0. The van der Waals surface area contributed by atoms with Crippen molar-refractivity contribution in [1.29, 1.82) is 0 Å². The van der Waals surface area contributed by atoms with Gasteiger partial charge in [-0.3, -0.25) is 0 Å². The van der Waals surface area contributed by atoms with Crippen LogP contribution < -0.4 is 9.47 Å². The van der Waals surface area contributed by atoms with Gasteiger partial charge in [0.2, 0.25) is 0 Å². The van der Waals surface area contributed by atoms with Crippen LogP contribution >= 0.6 is 0 Å². The second kappa shape index (κ2) is 7.94. The van der Waals surface area contributed by atoms with Crippen molar-refractivity contribution in [3.8, 4) is 22.6 Å². The van der Waals surface area contributed by atoms with E-state index in [1.807, 2.05) is 0 Å². The van der Waals surface area contributed by atoms with Gasteiger partial charge in [-0.1, -0.05) is 53.7 Å². The fraction of sp³-hybridized carbons (Fsp3) is 0.571. The minimum Gasteiger partial charge on any atom is -0.488 e. The zero-order valence-electron chi connectivity index (χ0n) is 21.3. The molecule has 2 nitrogen and oxygen atoms in total. The fourth-order valence-corrected chi connectivity index (χ4v) is 3.22. The Bertz CT molecular complexity index is 803. The molecule has 0 aliphatic heterocycles. The van der Waals surface area contributed by atoms with Crippen molar-refractivity contribution >= 4 is 0 Å². The molecule has 0 saturated heterocycles. The first-order valence-electron chi connectivity index (χ1n) is 11.0. The van der Waals surface area contributed by atoms with Crippen LogP contribution in [0.5, 0.6) is 11.5 Å². The van der Waals surface area contributed by atoms with E-state index < -0.39 is 0 Å². The number of hydrogen-bond donors (Lipinski definition) is 0. The van der Waals surface area contributed by atoms with Crippen molar-refractivity contribution in [3.63, 3.8) is 0 Å². The summed E-state index contributed by atoms with van der Waals surface area (Å²) in [5.41, 5.74) is 4.40. The van der Waals surface area contributed by atoms with Crippen LogP contribution in [0.4, 0.5) is 0 Å². The third kappa shape index (κ3) is 7.07. The largest absolute Gasteiger partial charge is 0.488 e. The van der Waals surface area contributed by atoms with Gasteiger partial charge in [0.25, 0.3) is 0 Å². The maximum atomic E-state index is 6.28. The summed E-state index contributed by atoms with van der Waals surface area (Å²) in [4.78, 5) is 0. The van der Waals surface area contributed by atoms with Crippen LogP contribution in [0.2, 0.25) is 0 Å². The predicted octanol–water partition coefficient (Wildman–Crippen LogP) is 8.30. The molecule has 2 aromatic carbocycles. The molecule has 0 bridgehead atoms. The number of ether oxygens (including phenoxy) is 2. The van der Waals surface area contributed by atoms with Crippen LogP contribution in [-0.2, 0) is 10.8 Å². The Kier molecular flexibility index (Phi) is 6.44. The summed E-state index contributed by atoms with van der Waals surface area (Å²) in [6.07, 6.45) is 0. The average Bonchev–Trinajstić information content (AvgIpc) is 2.49. The Balaban J connectivity index is 2.71. The van der Waals surface area contributed by atoms with E-state index in [1.165, 1.54) is 11.1 Å². The van der Waals surface area contributed by atoms with Crippen molar-refractivity contribution in [2.75, 3.05) is 0 Å². The van der Waals surface area contributed by atoms with Crippen molar-refractivity contribution in [2.24, 2.45) is 0 Å². The standard InChI is InChI=1S/C28H42O2/c1-25(2,3)21-13-19(15-23(17-21)29-27(7,8)9)20-14-22(26(4,5)6)18-24(16-20)30-28(10,11)12/h13-18H,1-12H3. The van der Waals surface area contributed by atoms with Crippen molar-refractivity contribution in [3.05, 3.63) is 47.5 Å². The Hall–Kier alpha value is -1.96. The van der Waals surface area contributed by atoms with Gasteiger partial charge in [0.05, 0.1) is 0 Å². The maximum Gasteiger partial charge on any atom is 0.121 e. The second-order valence-corrected chi connectivity index (χ2v) is 12.4. The third-order valence-electron chi connectivity index (χ3n) is 4.73. The molecule has 0 aliphatic rings. The minimum atomic E-state index is -0.248. The molecule has 0 saturated carbocycles. The molecular weight excluding hydrogens is 368 g/mol. The number of rotatable bonds is 3. The molecule has 0 atom stereocenters. The van der Waals surface area contributed by atoms with Gasteiger partial charge in [0.15, 0.2) is 0 Å². The molecule has 2 rings (SSSR count). The highest BCUT2D eigenvalue weighted by Gasteiger charge is 2.22. The Morgan fingerprint density at radius 1 is 0.433 bits per heavy atom. The van der Waals surface area contributed by atoms with Gasteiger partial charge in [-0.2, -0.15) is 0 Å². The van der Waals surface area contributed by atoms with E-state index in [0.29, 0.717) is 0 Å². The van der Waals surface area contributed by atoms with E-state index in [9.17, 15) is 0 Å². The second-order valence-electron chi connectivity index (χ2n) is 12.4. The van der Waals surface area contributed by atoms with Crippen LogP contribution in [0.1, 0.15) is 94.2 Å². The first-order chi connectivity index (χ1) is 13.3. The molecule has 2 heteroatoms. The van der Waals surface area contributed by atoms with Gasteiger partial charge < -0.3 is 9.47 Å². The van der Waals surface area contributed by atoms with Gasteiger partial charge >= 0.3 is 0 Å². The van der Waals surface area contributed by atoms with E-state index in [2.05, 4.69) is 119 Å². The molecule has 0 aromatic heterocycles. The predicted molar refractivity (Wildman–Crippen MR) is 130 cm³/mol. The Morgan fingerprint density at radius 2 is 0.733 bits per heavy atom. The summed E-state index contributed by atoms with van der Waals surface area (Å²) in [5, 5.41) is 0. The zero-order chi connectivity index (χ0) is 23.1. The van der Waals surface area contributed by atoms with Gasteiger partial charge in [-0.25, -0.2) is 0 Å². The summed E-state index contributed by atoms with van der Waals surface area (Å²) in [6, 6.07) is 13.2. The molecule has 0 N–H and O–H groups in total. The van der Waals surface area contributed by atoms with E-state index in [4.69, 9.17) is 9.47 Å². The lowest BCUT2D eigenvalue weighted by atomic mass is 9.83. The zero-order valence-corrected chi connectivity index (χ0v) is 21.3. The van der Waals surface area contributed by atoms with Crippen LogP contribution in [0, 0.1) is 0 Å². The lowest BCUT2D eigenvalue weighted by molar-refractivity contribution is 0.130. The molecular formula is C28H42O2. The van der Waals surface area contributed by atoms with Crippen molar-refractivity contribution < 1.29 is 9.47 Å². The molecule has 166 valence electrons. The molecule has 0 fully saturated rings. The molecule has 0 heterocycles. The smallest absolute Gasteiger partial charge is 0.121 e. The monoisotopic (exact) mass is 410 g/mol. The SMILES string of the molecule is CC(C)(C)Oc1cc(-c2cc(OC(C)(C)C)cc(C(C)(C)C)c2)cc(C(C)(C)C)c1. The van der Waals surface area contributed by atoms with E-state index in [1.54, 1.807) is 0 Å². The van der Waals surface area contributed by atoms with Crippen molar-refractivity contribution in [2.45, 2.75) is 105 Å². The fourth-order valence-electron chi connectivity index (χ4n) is 3.22. The summed E-state index contributed by atoms with van der Waals surface area (Å²) >= 11 is 0. The topological polar surface area (TPSA) is 18.5 Å². The van der Waals surface area contributed by atoms with Crippen LogP contribution in [0.15, 0.2) is 36.4 Å². The third-order valence-corrected chi connectivity index (χ3v) is 4.73. The number of hydrogen-bond acceptors (Lipinski definition) is 2. The van der Waals surface area contributed by atoms with E-state index in [0.717, 1.165) is 22.6 Å². The first kappa shape index (κ1) is 24.3. The molecule has 2 aromatic rings. The maximum absolute atomic E-state index is 6.28. The summed E-state index contributed by atoms with van der Waals surface area (Å²) < 4.78 is 12.6. The molecule has 0 amide bonds. The Labute approximate surface area is 185 Å². The summed E-state index contributed by atoms with van der Waals surface area (Å²) in [7, 11) is 0. The van der Waals surface area contributed by atoms with Crippen LogP contribution in [0.25, 0.3) is 11.1 Å². The average molecular weight is 411 g/mol.